The lowest BCUT2D eigenvalue weighted by atomic mass is 10.2. The van der Waals surface area contributed by atoms with Gasteiger partial charge >= 0.3 is 0 Å². The van der Waals surface area contributed by atoms with E-state index in [-0.39, 0.29) is 0 Å². The van der Waals surface area contributed by atoms with E-state index < -0.39 is 0 Å². The van der Waals surface area contributed by atoms with Crippen LogP contribution in [0.1, 0.15) is 25.3 Å². The first-order chi connectivity index (χ1) is 8.79. The number of rotatable bonds is 6. The SMILES string of the molecule is COCC(C)NCc1ccc(N2CCCC2)cc1. The Balaban J connectivity index is 1.83. The predicted molar refractivity (Wildman–Crippen MR) is 76.1 cm³/mol. The minimum atomic E-state index is 0.397. The number of anilines is 1. The van der Waals surface area contributed by atoms with Crippen molar-refractivity contribution in [1.82, 2.24) is 5.32 Å². The summed E-state index contributed by atoms with van der Waals surface area (Å²) in [6.45, 7) is 6.23. The fourth-order valence-electron chi connectivity index (χ4n) is 2.40. The molecular formula is C15H24N2O. The Morgan fingerprint density at radius 1 is 1.22 bits per heavy atom. The third-order valence-corrected chi connectivity index (χ3v) is 3.48. The maximum absolute atomic E-state index is 5.11. The van der Waals surface area contributed by atoms with Crippen LogP contribution in [0.25, 0.3) is 0 Å². The minimum absolute atomic E-state index is 0.397. The Morgan fingerprint density at radius 3 is 2.50 bits per heavy atom. The molecule has 0 bridgehead atoms. The summed E-state index contributed by atoms with van der Waals surface area (Å²) in [5.74, 6) is 0. The molecule has 100 valence electrons. The van der Waals surface area contributed by atoms with Gasteiger partial charge in [0.15, 0.2) is 0 Å². The van der Waals surface area contributed by atoms with Crippen LogP contribution >= 0.6 is 0 Å². The lowest BCUT2D eigenvalue weighted by Gasteiger charge is -2.18. The first-order valence-electron chi connectivity index (χ1n) is 6.86. The Hall–Kier alpha value is -1.06. The zero-order chi connectivity index (χ0) is 12.8. The van der Waals surface area contributed by atoms with E-state index in [9.17, 15) is 0 Å². The molecule has 1 N–H and O–H groups in total. The molecule has 3 nitrogen and oxygen atoms in total. The quantitative estimate of drug-likeness (QED) is 0.836. The molecule has 1 aliphatic rings. The molecule has 1 atom stereocenters. The molecule has 0 aromatic heterocycles. The second-order valence-corrected chi connectivity index (χ2v) is 5.10. The average Bonchev–Trinajstić information content (AvgIpc) is 2.91. The highest BCUT2D eigenvalue weighted by Gasteiger charge is 2.11. The highest BCUT2D eigenvalue weighted by atomic mass is 16.5. The van der Waals surface area contributed by atoms with Gasteiger partial charge in [0.05, 0.1) is 6.61 Å². The van der Waals surface area contributed by atoms with Gasteiger partial charge in [-0.3, -0.25) is 0 Å². The van der Waals surface area contributed by atoms with E-state index in [4.69, 9.17) is 4.74 Å². The topological polar surface area (TPSA) is 24.5 Å². The van der Waals surface area contributed by atoms with E-state index in [2.05, 4.69) is 41.4 Å². The van der Waals surface area contributed by atoms with Crippen LogP contribution in [0.3, 0.4) is 0 Å². The van der Waals surface area contributed by atoms with Crippen molar-refractivity contribution in [2.75, 3.05) is 31.7 Å². The van der Waals surface area contributed by atoms with Gasteiger partial charge < -0.3 is 15.0 Å². The molecule has 18 heavy (non-hydrogen) atoms. The molecule has 1 aromatic rings. The van der Waals surface area contributed by atoms with Crippen molar-refractivity contribution in [2.24, 2.45) is 0 Å². The van der Waals surface area contributed by atoms with Crippen LogP contribution in [0.15, 0.2) is 24.3 Å². The third-order valence-electron chi connectivity index (χ3n) is 3.48. The van der Waals surface area contributed by atoms with Gasteiger partial charge in [-0.25, -0.2) is 0 Å². The summed E-state index contributed by atoms with van der Waals surface area (Å²) < 4.78 is 5.11. The highest BCUT2D eigenvalue weighted by Crippen LogP contribution is 2.20. The molecule has 1 fully saturated rings. The van der Waals surface area contributed by atoms with Crippen molar-refractivity contribution in [1.29, 1.82) is 0 Å². The van der Waals surface area contributed by atoms with E-state index in [0.29, 0.717) is 6.04 Å². The molecule has 0 saturated carbocycles. The number of hydrogen-bond acceptors (Lipinski definition) is 3. The molecule has 1 heterocycles. The van der Waals surface area contributed by atoms with Crippen LogP contribution in [0.4, 0.5) is 5.69 Å². The number of nitrogens with zero attached hydrogens (tertiary/aromatic N) is 1. The van der Waals surface area contributed by atoms with Crippen LogP contribution in [0.2, 0.25) is 0 Å². The van der Waals surface area contributed by atoms with Crippen molar-refractivity contribution in [2.45, 2.75) is 32.4 Å². The highest BCUT2D eigenvalue weighted by molar-refractivity contribution is 5.48. The molecule has 0 radical (unpaired) electrons. The summed E-state index contributed by atoms with van der Waals surface area (Å²) >= 11 is 0. The molecule has 0 spiro atoms. The Morgan fingerprint density at radius 2 is 1.89 bits per heavy atom. The van der Waals surface area contributed by atoms with Crippen LogP contribution in [0.5, 0.6) is 0 Å². The van der Waals surface area contributed by atoms with Crippen LogP contribution in [-0.2, 0) is 11.3 Å². The maximum atomic E-state index is 5.11. The number of hydrogen-bond donors (Lipinski definition) is 1. The molecule has 0 aliphatic carbocycles. The van der Waals surface area contributed by atoms with Gasteiger partial charge in [0.25, 0.3) is 0 Å². The lowest BCUT2D eigenvalue weighted by Crippen LogP contribution is -2.29. The molecule has 2 rings (SSSR count). The summed E-state index contributed by atoms with van der Waals surface area (Å²) in [6.07, 6.45) is 2.66. The van der Waals surface area contributed by atoms with Crippen molar-refractivity contribution in [3.8, 4) is 0 Å². The van der Waals surface area contributed by atoms with Crippen LogP contribution in [0, 0.1) is 0 Å². The summed E-state index contributed by atoms with van der Waals surface area (Å²) in [7, 11) is 1.74. The summed E-state index contributed by atoms with van der Waals surface area (Å²) in [5.41, 5.74) is 2.70. The number of benzene rings is 1. The summed E-state index contributed by atoms with van der Waals surface area (Å²) in [6, 6.07) is 9.32. The van der Waals surface area contributed by atoms with E-state index in [1.54, 1.807) is 7.11 Å². The third kappa shape index (κ3) is 3.72. The average molecular weight is 248 g/mol. The smallest absolute Gasteiger partial charge is 0.0613 e. The Kier molecular flexibility index (Phi) is 5.02. The van der Waals surface area contributed by atoms with Gasteiger partial charge in [-0.2, -0.15) is 0 Å². The Labute approximate surface area is 110 Å². The number of ether oxygens (including phenoxy) is 1. The van der Waals surface area contributed by atoms with E-state index >= 15 is 0 Å². The standard InChI is InChI=1S/C15H24N2O/c1-13(12-18-2)16-11-14-5-7-15(8-6-14)17-9-3-4-10-17/h5-8,13,16H,3-4,9-12H2,1-2H3. The summed E-state index contributed by atoms with van der Waals surface area (Å²) in [5, 5.41) is 3.45. The summed E-state index contributed by atoms with van der Waals surface area (Å²) in [4.78, 5) is 2.46. The Bertz CT molecular complexity index is 344. The minimum Gasteiger partial charge on any atom is -0.383 e. The van der Waals surface area contributed by atoms with E-state index in [0.717, 1.165) is 13.2 Å². The fourth-order valence-corrected chi connectivity index (χ4v) is 2.40. The first-order valence-corrected chi connectivity index (χ1v) is 6.86. The molecule has 0 amide bonds. The fraction of sp³-hybridized carbons (Fsp3) is 0.600. The van der Waals surface area contributed by atoms with E-state index in [1.165, 1.54) is 37.2 Å². The monoisotopic (exact) mass is 248 g/mol. The first kappa shape index (κ1) is 13.4. The normalized spacial score (nSPS) is 17.1. The van der Waals surface area contributed by atoms with Gasteiger partial charge in [-0.15, -0.1) is 0 Å². The molecule has 1 aliphatic heterocycles. The second-order valence-electron chi connectivity index (χ2n) is 5.10. The zero-order valence-electron chi connectivity index (χ0n) is 11.5. The molecule has 1 aromatic carbocycles. The van der Waals surface area contributed by atoms with Crippen molar-refractivity contribution in [3.05, 3.63) is 29.8 Å². The van der Waals surface area contributed by atoms with E-state index in [1.807, 2.05) is 0 Å². The van der Waals surface area contributed by atoms with Gasteiger partial charge in [-0.1, -0.05) is 12.1 Å². The number of nitrogens with one attached hydrogen (secondary N) is 1. The predicted octanol–water partition coefficient (Wildman–Crippen LogP) is 2.41. The zero-order valence-corrected chi connectivity index (χ0v) is 11.5. The van der Waals surface area contributed by atoms with Crippen LogP contribution < -0.4 is 10.2 Å². The van der Waals surface area contributed by atoms with Gasteiger partial charge in [-0.05, 0) is 37.5 Å². The lowest BCUT2D eigenvalue weighted by molar-refractivity contribution is 0.171. The molecule has 3 heteroatoms. The second kappa shape index (κ2) is 6.76. The largest absolute Gasteiger partial charge is 0.383 e. The van der Waals surface area contributed by atoms with Crippen molar-refractivity contribution < 1.29 is 4.74 Å². The molecular weight excluding hydrogens is 224 g/mol. The van der Waals surface area contributed by atoms with Crippen molar-refractivity contribution in [3.63, 3.8) is 0 Å². The van der Waals surface area contributed by atoms with Gasteiger partial charge in [0.2, 0.25) is 0 Å². The van der Waals surface area contributed by atoms with Crippen LogP contribution in [-0.4, -0.2) is 32.8 Å². The molecule has 1 unspecified atom stereocenters. The number of methoxy groups -OCH3 is 1. The maximum Gasteiger partial charge on any atom is 0.0613 e. The van der Waals surface area contributed by atoms with Gasteiger partial charge in [0.1, 0.15) is 0 Å². The molecule has 1 saturated heterocycles. The van der Waals surface area contributed by atoms with Crippen molar-refractivity contribution >= 4 is 5.69 Å². The van der Waals surface area contributed by atoms with Gasteiger partial charge in [0, 0.05) is 38.5 Å².